The molecule has 8 heteroatoms. The number of rotatable bonds is 8. The average molecular weight is 582 g/mol. The van der Waals surface area contributed by atoms with Crippen LogP contribution in [0.2, 0.25) is 0 Å². The number of carboxylic acids is 1. The molecule has 1 aromatic rings. The standard InChI is InChI=1S/C34H51N3O5/c1-4-5-11-28-23-37(22-26-9-7-6-8-10-26)33(41)42-34(28)14-18-35(19-15-34)29-12-16-36(17-13-29)31(38)30-24(2)20-27(32(39)40)21-25(30)3/h20-21,26,28-29H,4-19,22-23H2,1-3H3,(H,39,40). The summed E-state index contributed by atoms with van der Waals surface area (Å²) in [7, 11) is 0. The number of carboxylic acid groups (broad SMARTS) is 1. The lowest BCUT2D eigenvalue weighted by Crippen LogP contribution is -2.61. The van der Waals surface area contributed by atoms with Crippen molar-refractivity contribution in [1.29, 1.82) is 0 Å². The highest BCUT2D eigenvalue weighted by Crippen LogP contribution is 2.42. The number of carbonyl (C=O) groups excluding carboxylic acids is 2. The maximum atomic E-state index is 13.4. The molecular formula is C34H51N3O5. The molecule has 2 amide bonds. The predicted octanol–water partition coefficient (Wildman–Crippen LogP) is 6.28. The summed E-state index contributed by atoms with van der Waals surface area (Å²) >= 11 is 0. The minimum absolute atomic E-state index is 0.00338. The molecule has 1 N–H and O–H groups in total. The Morgan fingerprint density at radius 1 is 0.976 bits per heavy atom. The van der Waals surface area contributed by atoms with Crippen LogP contribution in [0.1, 0.15) is 116 Å². The second-order valence-corrected chi connectivity index (χ2v) is 13.5. The van der Waals surface area contributed by atoms with Crippen molar-refractivity contribution < 1.29 is 24.2 Å². The minimum Gasteiger partial charge on any atom is -0.478 e. The molecule has 1 saturated carbocycles. The van der Waals surface area contributed by atoms with E-state index in [1.165, 1.54) is 38.5 Å². The highest BCUT2D eigenvalue weighted by Gasteiger charge is 2.50. The lowest BCUT2D eigenvalue weighted by Gasteiger charge is -2.52. The Hall–Kier alpha value is -2.61. The number of unbranched alkanes of at least 4 members (excludes halogenated alkanes) is 1. The molecule has 4 fully saturated rings. The van der Waals surface area contributed by atoms with Crippen LogP contribution in [0.15, 0.2) is 12.1 Å². The van der Waals surface area contributed by atoms with Crippen molar-refractivity contribution in [3.05, 3.63) is 34.4 Å². The Labute approximate surface area is 251 Å². The van der Waals surface area contributed by atoms with E-state index in [1.807, 2.05) is 23.6 Å². The van der Waals surface area contributed by atoms with Gasteiger partial charge in [0.25, 0.3) is 5.91 Å². The van der Waals surface area contributed by atoms with E-state index in [-0.39, 0.29) is 23.2 Å². The Morgan fingerprint density at radius 3 is 2.21 bits per heavy atom. The van der Waals surface area contributed by atoms with Crippen LogP contribution >= 0.6 is 0 Å². The Morgan fingerprint density at radius 2 is 1.62 bits per heavy atom. The van der Waals surface area contributed by atoms with Gasteiger partial charge in [-0.1, -0.05) is 39.0 Å². The maximum absolute atomic E-state index is 13.4. The van der Waals surface area contributed by atoms with E-state index in [2.05, 4.69) is 11.8 Å². The molecule has 3 heterocycles. The first-order valence-electron chi connectivity index (χ1n) is 16.6. The van der Waals surface area contributed by atoms with Gasteiger partial charge in [-0.3, -0.25) is 9.69 Å². The first-order valence-corrected chi connectivity index (χ1v) is 16.6. The van der Waals surface area contributed by atoms with Crippen LogP contribution in [0, 0.1) is 25.7 Å². The van der Waals surface area contributed by atoms with Gasteiger partial charge in [0.15, 0.2) is 0 Å². The number of hydrogen-bond donors (Lipinski definition) is 1. The van der Waals surface area contributed by atoms with Gasteiger partial charge in [-0.15, -0.1) is 0 Å². The number of carbonyl (C=O) groups is 3. The fraction of sp³-hybridized carbons (Fsp3) is 0.735. The zero-order valence-electron chi connectivity index (χ0n) is 26.0. The molecule has 3 aliphatic heterocycles. The van der Waals surface area contributed by atoms with Gasteiger partial charge in [-0.25, -0.2) is 9.59 Å². The number of hydrogen-bond acceptors (Lipinski definition) is 5. The van der Waals surface area contributed by atoms with Crippen LogP contribution in [0.4, 0.5) is 4.79 Å². The van der Waals surface area contributed by atoms with E-state index >= 15 is 0 Å². The van der Waals surface area contributed by atoms with Crippen molar-refractivity contribution in [2.45, 2.75) is 109 Å². The van der Waals surface area contributed by atoms with Crippen molar-refractivity contribution in [3.63, 3.8) is 0 Å². The van der Waals surface area contributed by atoms with Crippen molar-refractivity contribution >= 4 is 18.0 Å². The first-order chi connectivity index (χ1) is 20.2. The number of likely N-dealkylation sites (tertiary alicyclic amines) is 2. The SMILES string of the molecule is CCCCC1CN(CC2CCCCC2)C(=O)OC12CCN(C1CCN(C(=O)c3c(C)cc(C(=O)O)cc3C)CC1)CC2. The molecule has 1 aromatic carbocycles. The minimum atomic E-state index is -0.972. The lowest BCUT2D eigenvalue weighted by molar-refractivity contribution is -0.127. The van der Waals surface area contributed by atoms with E-state index in [0.717, 1.165) is 75.8 Å². The van der Waals surface area contributed by atoms with Gasteiger partial charge < -0.3 is 19.6 Å². The lowest BCUT2D eigenvalue weighted by atomic mass is 9.75. The highest BCUT2D eigenvalue weighted by molar-refractivity contribution is 5.99. The van der Waals surface area contributed by atoms with Crippen LogP contribution < -0.4 is 0 Å². The largest absolute Gasteiger partial charge is 0.478 e. The first kappa shape index (κ1) is 30.8. The molecule has 0 bridgehead atoms. The second-order valence-electron chi connectivity index (χ2n) is 13.5. The van der Waals surface area contributed by atoms with Crippen molar-refractivity contribution in [2.75, 3.05) is 39.3 Å². The summed E-state index contributed by atoms with van der Waals surface area (Å²) in [5.41, 5.74) is 1.96. The number of benzene rings is 1. The van der Waals surface area contributed by atoms with Crippen molar-refractivity contribution in [3.8, 4) is 0 Å². The van der Waals surface area contributed by atoms with Gasteiger partial charge in [0.05, 0.1) is 5.56 Å². The van der Waals surface area contributed by atoms with Crippen LogP contribution in [0.5, 0.6) is 0 Å². The van der Waals surface area contributed by atoms with Crippen LogP contribution in [0.25, 0.3) is 0 Å². The summed E-state index contributed by atoms with van der Waals surface area (Å²) in [5.74, 6) is 0.0625. The third kappa shape index (κ3) is 6.63. The van der Waals surface area contributed by atoms with E-state index in [9.17, 15) is 19.5 Å². The molecule has 5 rings (SSSR count). The molecule has 8 nitrogen and oxygen atoms in total. The molecule has 0 radical (unpaired) electrons. The van der Waals surface area contributed by atoms with Crippen LogP contribution in [-0.2, 0) is 4.74 Å². The van der Waals surface area contributed by atoms with Gasteiger partial charge in [0.2, 0.25) is 0 Å². The van der Waals surface area contributed by atoms with Crippen molar-refractivity contribution in [1.82, 2.24) is 14.7 Å². The third-order valence-electron chi connectivity index (χ3n) is 10.7. The van der Waals surface area contributed by atoms with Crippen molar-refractivity contribution in [2.24, 2.45) is 11.8 Å². The van der Waals surface area contributed by atoms with E-state index in [0.29, 0.717) is 36.5 Å². The van der Waals surface area contributed by atoms with E-state index < -0.39 is 5.97 Å². The summed E-state index contributed by atoms with van der Waals surface area (Å²) in [5, 5.41) is 9.36. The molecule has 232 valence electrons. The predicted molar refractivity (Wildman–Crippen MR) is 163 cm³/mol. The van der Waals surface area contributed by atoms with E-state index in [1.54, 1.807) is 12.1 Å². The number of nitrogens with zero attached hydrogens (tertiary/aromatic N) is 3. The Balaban J connectivity index is 1.16. The number of amides is 2. The zero-order chi connectivity index (χ0) is 29.9. The summed E-state index contributed by atoms with van der Waals surface area (Å²) in [4.78, 5) is 44.7. The molecule has 1 aliphatic carbocycles. The molecule has 42 heavy (non-hydrogen) atoms. The van der Waals surface area contributed by atoms with E-state index in [4.69, 9.17) is 4.74 Å². The average Bonchev–Trinajstić information content (AvgIpc) is 2.98. The summed E-state index contributed by atoms with van der Waals surface area (Å²) in [6, 6.07) is 3.62. The second kappa shape index (κ2) is 13.4. The maximum Gasteiger partial charge on any atom is 0.410 e. The van der Waals surface area contributed by atoms with Gasteiger partial charge in [0.1, 0.15) is 5.60 Å². The third-order valence-corrected chi connectivity index (χ3v) is 10.7. The smallest absolute Gasteiger partial charge is 0.410 e. The number of aryl methyl sites for hydroxylation is 2. The topological polar surface area (TPSA) is 90.4 Å². The monoisotopic (exact) mass is 581 g/mol. The molecule has 3 saturated heterocycles. The molecule has 1 spiro atoms. The number of aromatic carboxylic acids is 1. The molecule has 0 aromatic heterocycles. The molecule has 4 aliphatic rings. The van der Waals surface area contributed by atoms with Crippen LogP contribution in [-0.4, -0.2) is 88.7 Å². The summed E-state index contributed by atoms with van der Waals surface area (Å²) < 4.78 is 6.43. The van der Waals surface area contributed by atoms with Gasteiger partial charge >= 0.3 is 12.1 Å². The Kier molecular flexibility index (Phi) is 9.81. The normalized spacial score (nSPS) is 24.2. The fourth-order valence-corrected chi connectivity index (χ4v) is 8.26. The van der Waals surface area contributed by atoms with Gasteiger partial charge in [-0.2, -0.15) is 0 Å². The molecule has 1 unspecified atom stereocenters. The molecular weight excluding hydrogens is 530 g/mol. The van der Waals surface area contributed by atoms with Gasteiger partial charge in [0, 0.05) is 69.6 Å². The molecule has 1 atom stereocenters. The quantitative estimate of drug-likeness (QED) is 0.389. The highest BCUT2D eigenvalue weighted by atomic mass is 16.6. The van der Waals surface area contributed by atoms with Gasteiger partial charge in [-0.05, 0) is 75.1 Å². The summed E-state index contributed by atoms with van der Waals surface area (Å²) in [6.07, 6.45) is 13.4. The number of ether oxygens (including phenoxy) is 1. The zero-order valence-corrected chi connectivity index (χ0v) is 26.0. The van der Waals surface area contributed by atoms with Crippen LogP contribution in [0.3, 0.4) is 0 Å². The Bertz CT molecular complexity index is 1110. The summed E-state index contributed by atoms with van der Waals surface area (Å²) in [6.45, 7) is 10.9. The number of piperidine rings is 2. The fourth-order valence-electron chi connectivity index (χ4n) is 8.26.